The van der Waals surface area contributed by atoms with E-state index in [4.69, 9.17) is 16.0 Å². The van der Waals surface area contributed by atoms with E-state index >= 15 is 0 Å². The van der Waals surface area contributed by atoms with E-state index in [1.807, 2.05) is 41.8 Å². The lowest BCUT2D eigenvalue weighted by molar-refractivity contribution is 0.580. The van der Waals surface area contributed by atoms with Crippen molar-refractivity contribution in [2.24, 2.45) is 0 Å². The molecule has 0 saturated heterocycles. The lowest BCUT2D eigenvalue weighted by Crippen LogP contribution is -1.86. The van der Waals surface area contributed by atoms with Crippen LogP contribution < -0.4 is 0 Å². The predicted octanol–water partition coefficient (Wildman–Crippen LogP) is 3.56. The van der Waals surface area contributed by atoms with E-state index in [2.05, 4.69) is 4.98 Å². The van der Waals surface area contributed by atoms with Crippen molar-refractivity contribution in [1.82, 2.24) is 9.38 Å². The molecule has 0 fully saturated rings. The minimum Gasteiger partial charge on any atom is -0.463 e. The van der Waals surface area contributed by atoms with Crippen LogP contribution in [0.1, 0.15) is 5.69 Å². The topological polar surface area (TPSA) is 30.4 Å². The maximum atomic E-state index is 5.95. The monoisotopic (exact) mass is 232 g/mol. The summed E-state index contributed by atoms with van der Waals surface area (Å²) in [7, 11) is 0. The van der Waals surface area contributed by atoms with Gasteiger partial charge in [-0.05, 0) is 31.2 Å². The van der Waals surface area contributed by atoms with Crippen LogP contribution in [0.4, 0.5) is 0 Å². The van der Waals surface area contributed by atoms with Crippen molar-refractivity contribution in [2.75, 3.05) is 0 Å². The molecule has 0 radical (unpaired) electrons. The van der Waals surface area contributed by atoms with Crippen LogP contribution in [0.5, 0.6) is 0 Å². The van der Waals surface area contributed by atoms with Crippen LogP contribution in [0.2, 0.25) is 5.02 Å². The van der Waals surface area contributed by atoms with Gasteiger partial charge in [-0.1, -0.05) is 11.6 Å². The highest BCUT2D eigenvalue weighted by atomic mass is 35.5. The van der Waals surface area contributed by atoms with Crippen LogP contribution in [-0.4, -0.2) is 9.38 Å². The first kappa shape index (κ1) is 9.48. The average molecular weight is 233 g/mol. The Labute approximate surface area is 97.3 Å². The number of aryl methyl sites for hydroxylation is 1. The lowest BCUT2D eigenvalue weighted by Gasteiger charge is -1.96. The first-order valence-corrected chi connectivity index (χ1v) is 5.31. The maximum Gasteiger partial charge on any atom is 0.154 e. The summed E-state index contributed by atoms with van der Waals surface area (Å²) in [5, 5.41) is 0.694. The molecule has 3 nitrogen and oxygen atoms in total. The predicted molar refractivity (Wildman–Crippen MR) is 62.6 cm³/mol. The van der Waals surface area contributed by atoms with Crippen LogP contribution in [0, 0.1) is 6.92 Å². The van der Waals surface area contributed by atoms with Crippen LogP contribution >= 0.6 is 11.6 Å². The molecule has 0 N–H and O–H groups in total. The molecule has 0 saturated carbocycles. The summed E-state index contributed by atoms with van der Waals surface area (Å²) in [6.45, 7) is 1.99. The highest BCUT2D eigenvalue weighted by Crippen LogP contribution is 2.25. The molecule has 0 amide bonds. The Morgan fingerprint density at radius 1 is 1.31 bits per heavy atom. The van der Waals surface area contributed by atoms with E-state index < -0.39 is 0 Å². The van der Waals surface area contributed by atoms with Gasteiger partial charge >= 0.3 is 0 Å². The van der Waals surface area contributed by atoms with Gasteiger partial charge in [0.05, 0.1) is 17.0 Å². The van der Waals surface area contributed by atoms with Gasteiger partial charge in [0, 0.05) is 6.20 Å². The van der Waals surface area contributed by atoms with Crippen molar-refractivity contribution < 1.29 is 4.42 Å². The van der Waals surface area contributed by atoms with E-state index in [0.717, 1.165) is 22.8 Å². The molecule has 0 aliphatic heterocycles. The fourth-order valence-corrected chi connectivity index (χ4v) is 1.94. The Bertz CT molecular complexity index is 640. The van der Waals surface area contributed by atoms with E-state index in [1.54, 1.807) is 6.26 Å². The van der Waals surface area contributed by atoms with Gasteiger partial charge in [-0.25, -0.2) is 4.98 Å². The SMILES string of the molecule is Cc1c(-c2ccco2)nc2ccc(Cl)cn12. The van der Waals surface area contributed by atoms with Crippen molar-refractivity contribution in [1.29, 1.82) is 0 Å². The molecular weight excluding hydrogens is 224 g/mol. The van der Waals surface area contributed by atoms with E-state index in [0.29, 0.717) is 5.02 Å². The van der Waals surface area contributed by atoms with Gasteiger partial charge in [0.25, 0.3) is 0 Å². The van der Waals surface area contributed by atoms with Crippen molar-refractivity contribution in [3.8, 4) is 11.5 Å². The van der Waals surface area contributed by atoms with Crippen molar-refractivity contribution in [2.45, 2.75) is 6.92 Å². The van der Waals surface area contributed by atoms with Crippen molar-refractivity contribution in [3.05, 3.63) is 47.4 Å². The second-order valence-corrected chi connectivity index (χ2v) is 4.04. The third-order valence-electron chi connectivity index (χ3n) is 2.58. The Kier molecular flexibility index (Phi) is 2.01. The third-order valence-corrected chi connectivity index (χ3v) is 2.80. The second kappa shape index (κ2) is 3.39. The van der Waals surface area contributed by atoms with Gasteiger partial charge in [0.2, 0.25) is 0 Å². The molecule has 0 spiro atoms. The number of rotatable bonds is 1. The summed E-state index contributed by atoms with van der Waals surface area (Å²) in [4.78, 5) is 4.51. The number of furan rings is 1. The quantitative estimate of drug-likeness (QED) is 0.642. The van der Waals surface area contributed by atoms with E-state index in [1.165, 1.54) is 0 Å². The van der Waals surface area contributed by atoms with E-state index in [-0.39, 0.29) is 0 Å². The average Bonchev–Trinajstić information content (AvgIpc) is 2.87. The van der Waals surface area contributed by atoms with Crippen LogP contribution in [0.25, 0.3) is 17.1 Å². The third kappa shape index (κ3) is 1.32. The lowest BCUT2D eigenvalue weighted by atomic mass is 10.3. The van der Waals surface area contributed by atoms with Gasteiger partial charge in [0.15, 0.2) is 5.76 Å². The minimum atomic E-state index is 0.694. The first-order valence-electron chi connectivity index (χ1n) is 4.94. The zero-order valence-electron chi connectivity index (χ0n) is 8.64. The molecule has 0 aromatic carbocycles. The Morgan fingerprint density at radius 2 is 2.19 bits per heavy atom. The number of halogens is 1. The summed E-state index contributed by atoms with van der Waals surface area (Å²) in [6.07, 6.45) is 3.50. The molecule has 0 unspecified atom stereocenters. The minimum absolute atomic E-state index is 0.694. The molecule has 0 aliphatic carbocycles. The van der Waals surface area contributed by atoms with Gasteiger partial charge in [-0.15, -0.1) is 0 Å². The maximum absolute atomic E-state index is 5.95. The summed E-state index contributed by atoms with van der Waals surface area (Å²) in [5.74, 6) is 0.775. The summed E-state index contributed by atoms with van der Waals surface area (Å²) in [6, 6.07) is 7.47. The molecule has 16 heavy (non-hydrogen) atoms. The van der Waals surface area contributed by atoms with Crippen LogP contribution in [-0.2, 0) is 0 Å². The summed E-state index contributed by atoms with van der Waals surface area (Å²) in [5.41, 5.74) is 2.74. The molecule has 3 heterocycles. The molecule has 0 bridgehead atoms. The van der Waals surface area contributed by atoms with E-state index in [9.17, 15) is 0 Å². The zero-order valence-corrected chi connectivity index (χ0v) is 9.40. The number of hydrogen-bond acceptors (Lipinski definition) is 2. The standard InChI is InChI=1S/C12H9ClN2O/c1-8-12(10-3-2-6-16-10)14-11-5-4-9(13)7-15(8)11/h2-7H,1H3. The second-order valence-electron chi connectivity index (χ2n) is 3.60. The molecular formula is C12H9ClN2O. The molecule has 3 aromatic rings. The Morgan fingerprint density at radius 3 is 2.94 bits per heavy atom. The highest BCUT2D eigenvalue weighted by molar-refractivity contribution is 6.30. The molecule has 0 aliphatic rings. The van der Waals surface area contributed by atoms with Crippen LogP contribution in [0.15, 0.2) is 41.1 Å². The molecule has 80 valence electrons. The number of fused-ring (bicyclic) bond motifs is 1. The number of aromatic nitrogens is 2. The number of imidazole rings is 1. The highest BCUT2D eigenvalue weighted by Gasteiger charge is 2.12. The van der Waals surface area contributed by atoms with Crippen molar-refractivity contribution >= 4 is 17.2 Å². The van der Waals surface area contributed by atoms with Crippen molar-refractivity contribution in [3.63, 3.8) is 0 Å². The number of nitrogens with zero attached hydrogens (tertiary/aromatic N) is 2. The fraction of sp³-hybridized carbons (Fsp3) is 0.0833. The Hall–Kier alpha value is -1.74. The molecule has 3 aromatic heterocycles. The van der Waals surface area contributed by atoms with Gasteiger partial charge < -0.3 is 8.82 Å². The zero-order chi connectivity index (χ0) is 11.1. The van der Waals surface area contributed by atoms with Gasteiger partial charge in [0.1, 0.15) is 11.3 Å². The number of hydrogen-bond donors (Lipinski definition) is 0. The fourth-order valence-electron chi connectivity index (χ4n) is 1.78. The van der Waals surface area contributed by atoms with Gasteiger partial charge in [-0.3, -0.25) is 0 Å². The Balaban J connectivity index is 2.32. The molecule has 3 rings (SSSR count). The van der Waals surface area contributed by atoms with Crippen LogP contribution in [0.3, 0.4) is 0 Å². The molecule has 0 atom stereocenters. The van der Waals surface area contributed by atoms with Gasteiger partial charge in [-0.2, -0.15) is 0 Å². The summed E-state index contributed by atoms with van der Waals surface area (Å²) >= 11 is 5.95. The molecule has 4 heteroatoms. The number of pyridine rings is 1. The smallest absolute Gasteiger partial charge is 0.154 e. The normalized spacial score (nSPS) is 11.1. The summed E-state index contributed by atoms with van der Waals surface area (Å²) < 4.78 is 7.31. The first-order chi connectivity index (χ1) is 7.75. The largest absolute Gasteiger partial charge is 0.463 e.